The molecule has 5 nitrogen and oxygen atoms in total. The van der Waals surface area contributed by atoms with E-state index in [9.17, 15) is 4.79 Å². The molecule has 1 aromatic carbocycles. The Balaban J connectivity index is 1.71. The maximum atomic E-state index is 12.3. The van der Waals surface area contributed by atoms with E-state index in [0.29, 0.717) is 25.3 Å². The van der Waals surface area contributed by atoms with E-state index in [0.717, 1.165) is 23.8 Å². The first-order valence-corrected chi connectivity index (χ1v) is 7.29. The van der Waals surface area contributed by atoms with E-state index < -0.39 is 0 Å². The zero-order chi connectivity index (χ0) is 14.7. The van der Waals surface area contributed by atoms with Gasteiger partial charge in [0.2, 0.25) is 0 Å². The van der Waals surface area contributed by atoms with Crippen molar-refractivity contribution >= 4 is 16.9 Å². The first-order chi connectivity index (χ1) is 10.3. The molecule has 0 bridgehead atoms. The first kappa shape index (κ1) is 14.1. The molecule has 21 heavy (non-hydrogen) atoms. The molecule has 0 atom stereocenters. The molecule has 1 amide bonds. The van der Waals surface area contributed by atoms with Crippen LogP contribution in [-0.2, 0) is 15.9 Å². The number of ether oxygens (including phenoxy) is 2. The second-order valence-electron chi connectivity index (χ2n) is 5.07. The SMILES string of the molecule is CCc1ccc2occ(C(=O)NCC3OCCCO3)c2c1. The molecule has 112 valence electrons. The lowest BCUT2D eigenvalue weighted by Gasteiger charge is -2.23. The number of carbonyl (C=O) groups excluding carboxylic acids is 1. The van der Waals surface area contributed by atoms with Gasteiger partial charge in [0.1, 0.15) is 11.8 Å². The minimum absolute atomic E-state index is 0.167. The number of benzene rings is 1. The van der Waals surface area contributed by atoms with Gasteiger partial charge in [-0.15, -0.1) is 0 Å². The van der Waals surface area contributed by atoms with Crippen LogP contribution in [0.5, 0.6) is 0 Å². The Morgan fingerprint density at radius 1 is 1.33 bits per heavy atom. The minimum Gasteiger partial charge on any atom is -0.463 e. The van der Waals surface area contributed by atoms with Crippen LogP contribution in [-0.4, -0.2) is 32.0 Å². The highest BCUT2D eigenvalue weighted by molar-refractivity contribution is 6.06. The molecule has 1 aliphatic heterocycles. The van der Waals surface area contributed by atoms with Crippen LogP contribution < -0.4 is 5.32 Å². The first-order valence-electron chi connectivity index (χ1n) is 7.29. The van der Waals surface area contributed by atoms with E-state index in [1.165, 1.54) is 11.8 Å². The summed E-state index contributed by atoms with van der Waals surface area (Å²) < 4.78 is 16.3. The average Bonchev–Trinajstić information content (AvgIpc) is 2.96. The van der Waals surface area contributed by atoms with E-state index in [4.69, 9.17) is 13.9 Å². The predicted molar refractivity (Wildman–Crippen MR) is 78.2 cm³/mol. The second kappa shape index (κ2) is 6.28. The van der Waals surface area contributed by atoms with Crippen molar-refractivity contribution < 1.29 is 18.7 Å². The quantitative estimate of drug-likeness (QED) is 0.939. The lowest BCUT2D eigenvalue weighted by Crippen LogP contribution is -2.37. The van der Waals surface area contributed by atoms with Crippen LogP contribution in [0.1, 0.15) is 29.3 Å². The van der Waals surface area contributed by atoms with Crippen LogP contribution in [0, 0.1) is 0 Å². The van der Waals surface area contributed by atoms with Crippen molar-refractivity contribution in [2.45, 2.75) is 26.1 Å². The summed E-state index contributed by atoms with van der Waals surface area (Å²) in [5, 5.41) is 3.68. The van der Waals surface area contributed by atoms with E-state index in [1.807, 2.05) is 18.2 Å². The van der Waals surface area contributed by atoms with Gasteiger partial charge >= 0.3 is 0 Å². The molecule has 1 saturated heterocycles. The van der Waals surface area contributed by atoms with Crippen molar-refractivity contribution in [2.24, 2.45) is 0 Å². The summed E-state index contributed by atoms with van der Waals surface area (Å²) in [4.78, 5) is 12.3. The van der Waals surface area contributed by atoms with Gasteiger partial charge in [0.05, 0.1) is 25.3 Å². The number of aryl methyl sites for hydroxylation is 1. The number of fused-ring (bicyclic) bond motifs is 1. The zero-order valence-electron chi connectivity index (χ0n) is 12.1. The highest BCUT2D eigenvalue weighted by Gasteiger charge is 2.18. The number of hydrogen-bond acceptors (Lipinski definition) is 4. The Labute approximate surface area is 123 Å². The molecule has 1 aliphatic rings. The molecule has 1 N–H and O–H groups in total. The maximum Gasteiger partial charge on any atom is 0.255 e. The fourth-order valence-corrected chi connectivity index (χ4v) is 2.40. The smallest absolute Gasteiger partial charge is 0.255 e. The molecule has 3 rings (SSSR count). The summed E-state index contributed by atoms with van der Waals surface area (Å²) in [5.74, 6) is -0.167. The Hall–Kier alpha value is -1.85. The van der Waals surface area contributed by atoms with Crippen molar-refractivity contribution in [3.63, 3.8) is 0 Å². The molecule has 0 radical (unpaired) electrons. The Morgan fingerprint density at radius 2 is 2.14 bits per heavy atom. The van der Waals surface area contributed by atoms with Gasteiger partial charge in [-0.3, -0.25) is 4.79 Å². The van der Waals surface area contributed by atoms with Gasteiger partial charge in [0, 0.05) is 5.39 Å². The van der Waals surface area contributed by atoms with Gasteiger partial charge in [0.25, 0.3) is 5.91 Å². The van der Waals surface area contributed by atoms with Gasteiger partial charge in [-0.1, -0.05) is 13.0 Å². The standard InChI is InChI=1S/C16H19NO4/c1-2-11-4-5-14-12(8-11)13(10-21-14)16(18)17-9-15-19-6-3-7-20-15/h4-5,8,10,15H,2-3,6-7,9H2,1H3,(H,17,18). The number of hydrogen-bond donors (Lipinski definition) is 1. The Kier molecular flexibility index (Phi) is 4.22. The summed E-state index contributed by atoms with van der Waals surface area (Å²) >= 11 is 0. The molecular weight excluding hydrogens is 270 g/mol. The molecule has 0 unspecified atom stereocenters. The van der Waals surface area contributed by atoms with Crippen LogP contribution >= 0.6 is 0 Å². The summed E-state index contributed by atoms with van der Waals surface area (Å²) in [7, 11) is 0. The largest absolute Gasteiger partial charge is 0.463 e. The summed E-state index contributed by atoms with van der Waals surface area (Å²) in [6, 6.07) is 5.91. The highest BCUT2D eigenvalue weighted by Crippen LogP contribution is 2.22. The van der Waals surface area contributed by atoms with Crippen LogP contribution in [0.4, 0.5) is 0 Å². The average molecular weight is 289 g/mol. The summed E-state index contributed by atoms with van der Waals surface area (Å²) in [5.41, 5.74) is 2.45. The molecule has 0 saturated carbocycles. The van der Waals surface area contributed by atoms with Crippen LogP contribution in [0.25, 0.3) is 11.0 Å². The fraction of sp³-hybridized carbons (Fsp3) is 0.438. The topological polar surface area (TPSA) is 60.7 Å². The van der Waals surface area contributed by atoms with Crippen molar-refractivity contribution in [2.75, 3.05) is 19.8 Å². The molecule has 2 aromatic rings. The van der Waals surface area contributed by atoms with Gasteiger partial charge in [-0.2, -0.15) is 0 Å². The third-order valence-corrected chi connectivity index (χ3v) is 3.62. The second-order valence-corrected chi connectivity index (χ2v) is 5.07. The minimum atomic E-state index is -0.355. The lowest BCUT2D eigenvalue weighted by atomic mass is 10.1. The Bertz CT molecular complexity index is 628. The molecule has 0 aliphatic carbocycles. The number of rotatable bonds is 4. The van der Waals surface area contributed by atoms with E-state index >= 15 is 0 Å². The predicted octanol–water partition coefficient (Wildman–Crippen LogP) is 2.49. The monoisotopic (exact) mass is 289 g/mol. The normalized spacial score (nSPS) is 16.2. The fourth-order valence-electron chi connectivity index (χ4n) is 2.40. The highest BCUT2D eigenvalue weighted by atomic mass is 16.7. The van der Waals surface area contributed by atoms with Gasteiger partial charge in [-0.25, -0.2) is 0 Å². The van der Waals surface area contributed by atoms with Crippen LogP contribution in [0.2, 0.25) is 0 Å². The molecule has 2 heterocycles. The summed E-state index contributed by atoms with van der Waals surface area (Å²) in [6.07, 6.45) is 2.97. The number of nitrogens with one attached hydrogen (secondary N) is 1. The van der Waals surface area contributed by atoms with E-state index in [1.54, 1.807) is 0 Å². The third kappa shape index (κ3) is 3.09. The summed E-state index contributed by atoms with van der Waals surface area (Å²) in [6.45, 7) is 3.78. The molecule has 1 aromatic heterocycles. The molecule has 1 fully saturated rings. The number of amides is 1. The van der Waals surface area contributed by atoms with E-state index in [2.05, 4.69) is 12.2 Å². The van der Waals surface area contributed by atoms with Crippen LogP contribution in [0.15, 0.2) is 28.9 Å². The lowest BCUT2D eigenvalue weighted by molar-refractivity contribution is -0.174. The van der Waals surface area contributed by atoms with Gasteiger partial charge in [-0.05, 0) is 30.5 Å². The zero-order valence-corrected chi connectivity index (χ0v) is 12.1. The Morgan fingerprint density at radius 3 is 2.90 bits per heavy atom. The maximum absolute atomic E-state index is 12.3. The van der Waals surface area contributed by atoms with Gasteiger partial charge < -0.3 is 19.2 Å². The van der Waals surface area contributed by atoms with Crippen molar-refractivity contribution in [3.05, 3.63) is 35.6 Å². The number of carbonyl (C=O) groups is 1. The van der Waals surface area contributed by atoms with E-state index in [-0.39, 0.29) is 12.2 Å². The molecule has 5 heteroatoms. The van der Waals surface area contributed by atoms with Crippen LogP contribution in [0.3, 0.4) is 0 Å². The van der Waals surface area contributed by atoms with Crippen molar-refractivity contribution in [1.82, 2.24) is 5.32 Å². The molecular formula is C16H19NO4. The van der Waals surface area contributed by atoms with Crippen molar-refractivity contribution in [1.29, 1.82) is 0 Å². The van der Waals surface area contributed by atoms with Crippen molar-refractivity contribution in [3.8, 4) is 0 Å². The molecule has 0 spiro atoms. The number of furan rings is 1. The van der Waals surface area contributed by atoms with Gasteiger partial charge in [0.15, 0.2) is 6.29 Å². The third-order valence-electron chi connectivity index (χ3n) is 3.62.